The van der Waals surface area contributed by atoms with Crippen molar-refractivity contribution >= 4 is 26.8 Å². The molecule has 2 nitrogen and oxygen atoms in total. The fraction of sp³-hybridized carbons (Fsp3) is 0.333. The molecule has 1 saturated carbocycles. The Hall–Kier alpha value is -0.800. The van der Waals surface area contributed by atoms with E-state index in [1.54, 1.807) is 0 Å². The molecule has 1 aliphatic rings. The lowest BCUT2D eigenvalue weighted by Crippen LogP contribution is -2.10. The lowest BCUT2D eigenvalue weighted by atomic mass is 10.0. The van der Waals surface area contributed by atoms with Crippen molar-refractivity contribution in [3.63, 3.8) is 0 Å². The number of aromatic amines is 1. The first-order chi connectivity index (χ1) is 7.18. The van der Waals surface area contributed by atoms with Crippen molar-refractivity contribution in [2.24, 2.45) is 0 Å². The molecule has 1 aromatic heterocycles. The Labute approximate surface area is 96.4 Å². The van der Waals surface area contributed by atoms with Gasteiger partial charge in [-0.05, 0) is 40.4 Å². The quantitative estimate of drug-likeness (QED) is 0.861. The summed E-state index contributed by atoms with van der Waals surface area (Å²) in [5, 5.41) is 11.2. The van der Waals surface area contributed by atoms with Crippen molar-refractivity contribution in [2.45, 2.75) is 24.9 Å². The van der Waals surface area contributed by atoms with E-state index in [1.165, 1.54) is 10.9 Å². The highest BCUT2D eigenvalue weighted by Gasteiger charge is 2.40. The molecule has 0 spiro atoms. The molecule has 0 amide bonds. The van der Waals surface area contributed by atoms with Gasteiger partial charge >= 0.3 is 0 Å². The average Bonchev–Trinajstić information content (AvgIpc) is 2.80. The summed E-state index contributed by atoms with van der Waals surface area (Å²) in [6.07, 6.45) is 4.59. The predicted molar refractivity (Wildman–Crippen MR) is 63.9 cm³/mol. The van der Waals surface area contributed by atoms with Gasteiger partial charge in [-0.1, -0.05) is 12.1 Å². The van der Waals surface area contributed by atoms with Crippen molar-refractivity contribution in [2.75, 3.05) is 0 Å². The number of fused-ring (bicyclic) bond motifs is 1. The van der Waals surface area contributed by atoms with Crippen LogP contribution in [0.2, 0.25) is 0 Å². The Morgan fingerprint density at radius 3 is 2.93 bits per heavy atom. The fourth-order valence-corrected chi connectivity index (χ4v) is 2.62. The van der Waals surface area contributed by atoms with Crippen LogP contribution < -0.4 is 0 Å². The van der Waals surface area contributed by atoms with Crippen molar-refractivity contribution in [1.82, 2.24) is 4.98 Å². The van der Waals surface area contributed by atoms with Gasteiger partial charge in [0, 0.05) is 28.0 Å². The van der Waals surface area contributed by atoms with Crippen molar-refractivity contribution < 1.29 is 5.11 Å². The molecule has 15 heavy (non-hydrogen) atoms. The van der Waals surface area contributed by atoms with Crippen LogP contribution in [-0.4, -0.2) is 15.7 Å². The van der Waals surface area contributed by atoms with Crippen LogP contribution >= 0.6 is 15.9 Å². The first-order valence-electron chi connectivity index (χ1n) is 5.15. The van der Waals surface area contributed by atoms with Gasteiger partial charge in [-0.15, -0.1) is 0 Å². The Kier molecular flexibility index (Phi) is 1.94. The second kappa shape index (κ2) is 3.09. The minimum Gasteiger partial charge on any atom is -0.390 e. The number of aromatic nitrogens is 1. The molecule has 1 aliphatic carbocycles. The SMILES string of the molecule is OC1(Cc2cccc3[nH]cc(Br)c23)CC1. The minimum atomic E-state index is -0.426. The smallest absolute Gasteiger partial charge is 0.0690 e. The number of aliphatic hydroxyl groups is 1. The van der Waals surface area contributed by atoms with E-state index >= 15 is 0 Å². The van der Waals surface area contributed by atoms with Gasteiger partial charge in [-0.25, -0.2) is 0 Å². The molecule has 0 radical (unpaired) electrons. The van der Waals surface area contributed by atoms with Crippen LogP contribution in [0.15, 0.2) is 28.9 Å². The largest absolute Gasteiger partial charge is 0.390 e. The zero-order valence-electron chi connectivity index (χ0n) is 8.26. The van der Waals surface area contributed by atoms with Crippen LogP contribution in [0, 0.1) is 0 Å². The standard InChI is InChI=1S/C12H12BrNO/c13-9-7-14-10-3-1-2-8(11(9)10)6-12(15)4-5-12/h1-3,7,14-15H,4-6H2. The Bertz CT molecular complexity index is 513. The summed E-state index contributed by atoms with van der Waals surface area (Å²) >= 11 is 3.53. The normalized spacial score (nSPS) is 18.3. The molecule has 78 valence electrons. The number of halogens is 1. The molecule has 1 aromatic carbocycles. The van der Waals surface area contributed by atoms with E-state index in [-0.39, 0.29) is 0 Å². The summed E-state index contributed by atoms with van der Waals surface area (Å²) in [6, 6.07) is 6.18. The van der Waals surface area contributed by atoms with Gasteiger partial charge in [-0.2, -0.15) is 0 Å². The van der Waals surface area contributed by atoms with Crippen LogP contribution in [0.3, 0.4) is 0 Å². The molecule has 0 atom stereocenters. The number of benzene rings is 1. The summed E-state index contributed by atoms with van der Waals surface area (Å²) in [5.41, 5.74) is 1.93. The number of nitrogens with one attached hydrogen (secondary N) is 1. The molecule has 0 saturated heterocycles. The second-order valence-corrected chi connectivity index (χ2v) is 5.23. The fourth-order valence-electron chi connectivity index (χ4n) is 2.04. The molecule has 0 bridgehead atoms. The molecule has 2 aromatic rings. The van der Waals surface area contributed by atoms with E-state index < -0.39 is 5.60 Å². The van der Waals surface area contributed by atoms with Gasteiger partial charge in [0.05, 0.1) is 5.60 Å². The molecule has 1 fully saturated rings. The van der Waals surface area contributed by atoms with Gasteiger partial charge in [0.15, 0.2) is 0 Å². The number of rotatable bonds is 2. The molecule has 0 aliphatic heterocycles. The van der Waals surface area contributed by atoms with Gasteiger partial charge in [0.2, 0.25) is 0 Å². The van der Waals surface area contributed by atoms with E-state index in [0.717, 1.165) is 29.3 Å². The molecule has 1 heterocycles. The summed E-state index contributed by atoms with van der Waals surface area (Å²) in [4.78, 5) is 3.21. The molecule has 2 N–H and O–H groups in total. The number of hydrogen-bond donors (Lipinski definition) is 2. The molecule has 3 rings (SSSR count). The first kappa shape index (κ1) is 9.43. The van der Waals surface area contributed by atoms with Crippen LogP contribution in [0.5, 0.6) is 0 Å². The molecule has 0 unspecified atom stereocenters. The van der Waals surface area contributed by atoms with E-state index in [0.29, 0.717) is 0 Å². The highest BCUT2D eigenvalue weighted by Crippen LogP contribution is 2.40. The third-order valence-electron chi connectivity index (χ3n) is 3.09. The highest BCUT2D eigenvalue weighted by atomic mass is 79.9. The zero-order valence-corrected chi connectivity index (χ0v) is 9.84. The van der Waals surface area contributed by atoms with Gasteiger partial charge < -0.3 is 10.1 Å². The number of H-pyrrole nitrogens is 1. The van der Waals surface area contributed by atoms with Gasteiger partial charge in [-0.3, -0.25) is 0 Å². The highest BCUT2D eigenvalue weighted by molar-refractivity contribution is 9.10. The van der Waals surface area contributed by atoms with Crippen LogP contribution in [0.4, 0.5) is 0 Å². The molecular weight excluding hydrogens is 254 g/mol. The minimum absolute atomic E-state index is 0.426. The number of hydrogen-bond acceptors (Lipinski definition) is 1. The predicted octanol–water partition coefficient (Wildman–Crippen LogP) is 3.00. The van der Waals surface area contributed by atoms with Crippen molar-refractivity contribution in [3.05, 3.63) is 34.4 Å². The lowest BCUT2D eigenvalue weighted by Gasteiger charge is -2.08. The van der Waals surface area contributed by atoms with E-state index in [4.69, 9.17) is 0 Å². The summed E-state index contributed by atoms with van der Waals surface area (Å²) in [7, 11) is 0. The van der Waals surface area contributed by atoms with Crippen molar-refractivity contribution in [1.29, 1.82) is 0 Å². The van der Waals surface area contributed by atoms with E-state index in [9.17, 15) is 5.11 Å². The molecule has 3 heteroatoms. The maximum absolute atomic E-state index is 9.94. The van der Waals surface area contributed by atoms with Gasteiger partial charge in [0.1, 0.15) is 0 Å². The third-order valence-corrected chi connectivity index (χ3v) is 3.72. The van der Waals surface area contributed by atoms with Crippen LogP contribution in [0.1, 0.15) is 18.4 Å². The Morgan fingerprint density at radius 2 is 2.20 bits per heavy atom. The van der Waals surface area contributed by atoms with Crippen molar-refractivity contribution in [3.8, 4) is 0 Å². The summed E-state index contributed by atoms with van der Waals surface area (Å²) in [6.45, 7) is 0. The Morgan fingerprint density at radius 1 is 1.40 bits per heavy atom. The lowest BCUT2D eigenvalue weighted by molar-refractivity contribution is 0.151. The molecular formula is C12H12BrNO. The monoisotopic (exact) mass is 265 g/mol. The maximum Gasteiger partial charge on any atom is 0.0690 e. The first-order valence-corrected chi connectivity index (χ1v) is 5.94. The summed E-state index contributed by atoms with van der Waals surface area (Å²) in [5.74, 6) is 0. The second-order valence-electron chi connectivity index (χ2n) is 4.38. The van der Waals surface area contributed by atoms with Crippen LogP contribution in [0.25, 0.3) is 10.9 Å². The maximum atomic E-state index is 9.94. The van der Waals surface area contributed by atoms with E-state index in [1.807, 2.05) is 12.3 Å². The average molecular weight is 266 g/mol. The van der Waals surface area contributed by atoms with Gasteiger partial charge in [0.25, 0.3) is 0 Å². The van der Waals surface area contributed by atoms with Crippen LogP contribution in [-0.2, 0) is 6.42 Å². The Balaban J connectivity index is 2.12. The topological polar surface area (TPSA) is 36.0 Å². The van der Waals surface area contributed by atoms with E-state index in [2.05, 4.69) is 33.0 Å². The summed E-state index contributed by atoms with van der Waals surface area (Å²) < 4.78 is 1.08. The third kappa shape index (κ3) is 1.60. The zero-order chi connectivity index (χ0) is 10.5.